The molecular formula is C15H18ClN3. The van der Waals surface area contributed by atoms with Gasteiger partial charge in [-0.15, -0.1) is 0 Å². The summed E-state index contributed by atoms with van der Waals surface area (Å²) >= 11 is 6.26. The van der Waals surface area contributed by atoms with Gasteiger partial charge in [0.25, 0.3) is 0 Å². The molecule has 0 fully saturated rings. The van der Waals surface area contributed by atoms with Crippen molar-refractivity contribution >= 4 is 23.0 Å². The van der Waals surface area contributed by atoms with Gasteiger partial charge in [0.1, 0.15) is 0 Å². The van der Waals surface area contributed by atoms with Crippen LogP contribution in [0.5, 0.6) is 0 Å². The van der Waals surface area contributed by atoms with Crippen molar-refractivity contribution in [2.24, 2.45) is 5.73 Å². The monoisotopic (exact) mass is 275 g/mol. The van der Waals surface area contributed by atoms with Gasteiger partial charge in [0.2, 0.25) is 0 Å². The van der Waals surface area contributed by atoms with Crippen molar-refractivity contribution < 1.29 is 0 Å². The summed E-state index contributed by atoms with van der Waals surface area (Å²) in [5.41, 5.74) is 8.98. The number of nitrogens with two attached hydrogens (primary N) is 1. The van der Waals surface area contributed by atoms with Gasteiger partial charge in [-0.05, 0) is 37.6 Å². The maximum absolute atomic E-state index is 6.26. The van der Waals surface area contributed by atoms with Gasteiger partial charge >= 0.3 is 0 Å². The number of pyridine rings is 1. The third-order valence-corrected chi connectivity index (χ3v) is 3.33. The first-order valence-electron chi connectivity index (χ1n) is 6.37. The number of aromatic nitrogens is 1. The molecule has 0 radical (unpaired) electrons. The van der Waals surface area contributed by atoms with Crippen molar-refractivity contribution in [1.29, 1.82) is 0 Å². The van der Waals surface area contributed by atoms with Crippen molar-refractivity contribution in [3.05, 3.63) is 53.3 Å². The summed E-state index contributed by atoms with van der Waals surface area (Å²) in [6.45, 7) is 3.59. The van der Waals surface area contributed by atoms with Crippen LogP contribution in [0.2, 0.25) is 5.02 Å². The fourth-order valence-electron chi connectivity index (χ4n) is 2.07. The van der Waals surface area contributed by atoms with Gasteiger partial charge in [-0.2, -0.15) is 0 Å². The fourth-order valence-corrected chi connectivity index (χ4v) is 2.29. The molecule has 0 atom stereocenters. The van der Waals surface area contributed by atoms with Gasteiger partial charge in [-0.25, -0.2) is 0 Å². The molecule has 0 spiro atoms. The molecule has 100 valence electrons. The number of benzene rings is 1. The van der Waals surface area contributed by atoms with Crippen molar-refractivity contribution in [3.8, 4) is 0 Å². The quantitative estimate of drug-likeness (QED) is 0.908. The molecule has 4 heteroatoms. The van der Waals surface area contributed by atoms with E-state index >= 15 is 0 Å². The maximum Gasteiger partial charge on any atom is 0.0826 e. The molecule has 0 aliphatic carbocycles. The summed E-state index contributed by atoms with van der Waals surface area (Å²) < 4.78 is 0. The second-order valence-electron chi connectivity index (χ2n) is 4.41. The highest BCUT2D eigenvalue weighted by atomic mass is 35.5. The van der Waals surface area contributed by atoms with Gasteiger partial charge in [-0.1, -0.05) is 29.8 Å². The van der Waals surface area contributed by atoms with E-state index in [1.807, 2.05) is 18.2 Å². The first-order valence-corrected chi connectivity index (χ1v) is 6.74. The van der Waals surface area contributed by atoms with E-state index in [9.17, 15) is 0 Å². The Balaban J connectivity index is 2.42. The molecule has 19 heavy (non-hydrogen) atoms. The van der Waals surface area contributed by atoms with E-state index in [-0.39, 0.29) is 0 Å². The van der Waals surface area contributed by atoms with Gasteiger partial charge in [0, 0.05) is 24.6 Å². The largest absolute Gasteiger partial charge is 0.340 e. The van der Waals surface area contributed by atoms with E-state index in [0.717, 1.165) is 24.3 Å². The predicted molar refractivity (Wildman–Crippen MR) is 81.1 cm³/mol. The van der Waals surface area contributed by atoms with Crippen LogP contribution in [0.15, 0.2) is 42.7 Å². The van der Waals surface area contributed by atoms with Crippen molar-refractivity contribution in [1.82, 2.24) is 4.98 Å². The van der Waals surface area contributed by atoms with Crippen LogP contribution >= 0.6 is 11.6 Å². The maximum atomic E-state index is 6.26. The number of para-hydroxylation sites is 1. The van der Waals surface area contributed by atoms with Gasteiger partial charge in [-0.3, -0.25) is 4.98 Å². The molecule has 0 saturated carbocycles. The van der Waals surface area contributed by atoms with Crippen molar-refractivity contribution in [3.63, 3.8) is 0 Å². The Hall–Kier alpha value is -1.58. The van der Waals surface area contributed by atoms with Gasteiger partial charge < -0.3 is 10.6 Å². The standard InChI is InChI=1S/C15H18ClN3/c1-12-5-2-3-6-14(12)19(10-4-8-17)15-7-9-18-11-13(15)16/h2-3,5-7,9,11H,4,8,10,17H2,1H3. The molecule has 0 unspecified atom stereocenters. The lowest BCUT2D eigenvalue weighted by Gasteiger charge is -2.27. The summed E-state index contributed by atoms with van der Waals surface area (Å²) in [7, 11) is 0. The molecule has 1 aromatic carbocycles. The number of hydrogen-bond donors (Lipinski definition) is 1. The van der Waals surface area contributed by atoms with Crippen LogP contribution in [0.4, 0.5) is 11.4 Å². The summed E-state index contributed by atoms with van der Waals surface area (Å²) in [5, 5.41) is 0.655. The molecule has 1 heterocycles. The van der Waals surface area contributed by atoms with Crippen LogP contribution in [-0.4, -0.2) is 18.1 Å². The molecule has 0 amide bonds. The molecule has 0 saturated heterocycles. The summed E-state index contributed by atoms with van der Waals surface area (Å²) in [4.78, 5) is 6.24. The number of aryl methyl sites for hydroxylation is 1. The molecule has 2 aromatic rings. The Labute approximate surface area is 119 Å². The van der Waals surface area contributed by atoms with Crippen LogP contribution in [-0.2, 0) is 0 Å². The van der Waals surface area contributed by atoms with E-state index in [4.69, 9.17) is 17.3 Å². The van der Waals surface area contributed by atoms with Crippen LogP contribution in [0.25, 0.3) is 0 Å². The zero-order valence-corrected chi connectivity index (χ0v) is 11.8. The topological polar surface area (TPSA) is 42.1 Å². The van der Waals surface area contributed by atoms with E-state index < -0.39 is 0 Å². The summed E-state index contributed by atoms with van der Waals surface area (Å²) in [6, 6.07) is 10.2. The number of rotatable bonds is 5. The molecule has 0 aliphatic heterocycles. The minimum atomic E-state index is 0.655. The lowest BCUT2D eigenvalue weighted by atomic mass is 10.1. The second-order valence-corrected chi connectivity index (χ2v) is 4.81. The molecular weight excluding hydrogens is 258 g/mol. The van der Waals surface area contributed by atoms with Crippen molar-refractivity contribution in [2.45, 2.75) is 13.3 Å². The first kappa shape index (κ1) is 13.8. The van der Waals surface area contributed by atoms with Crippen LogP contribution in [0.3, 0.4) is 0 Å². The Bertz CT molecular complexity index is 497. The molecule has 2 rings (SSSR count). The normalized spacial score (nSPS) is 10.5. The van der Waals surface area contributed by atoms with E-state index in [0.29, 0.717) is 11.6 Å². The number of hydrogen-bond acceptors (Lipinski definition) is 3. The van der Waals surface area contributed by atoms with Crippen LogP contribution in [0.1, 0.15) is 12.0 Å². The highest BCUT2D eigenvalue weighted by molar-refractivity contribution is 6.33. The molecule has 0 aliphatic rings. The zero-order chi connectivity index (χ0) is 13.7. The zero-order valence-electron chi connectivity index (χ0n) is 11.0. The molecule has 1 aromatic heterocycles. The highest BCUT2D eigenvalue weighted by Crippen LogP contribution is 2.32. The SMILES string of the molecule is Cc1ccccc1N(CCCN)c1ccncc1Cl. The van der Waals surface area contributed by atoms with E-state index in [1.165, 1.54) is 5.56 Å². The smallest absolute Gasteiger partial charge is 0.0826 e. The van der Waals surface area contributed by atoms with E-state index in [1.54, 1.807) is 12.4 Å². The summed E-state index contributed by atoms with van der Waals surface area (Å²) in [5.74, 6) is 0. The number of halogens is 1. The lowest BCUT2D eigenvalue weighted by Crippen LogP contribution is -2.22. The molecule has 3 nitrogen and oxygen atoms in total. The minimum absolute atomic E-state index is 0.655. The average Bonchev–Trinajstić information content (AvgIpc) is 2.42. The van der Waals surface area contributed by atoms with Crippen LogP contribution in [0, 0.1) is 6.92 Å². The highest BCUT2D eigenvalue weighted by Gasteiger charge is 2.13. The predicted octanol–water partition coefficient (Wildman–Crippen LogP) is 3.53. The first-order chi connectivity index (χ1) is 9.24. The minimum Gasteiger partial charge on any atom is -0.340 e. The van der Waals surface area contributed by atoms with Gasteiger partial charge in [0.05, 0.1) is 10.7 Å². The Morgan fingerprint density at radius 3 is 2.68 bits per heavy atom. The third kappa shape index (κ3) is 3.25. The summed E-state index contributed by atoms with van der Waals surface area (Å²) in [6.07, 6.45) is 4.34. The Kier molecular flexibility index (Phi) is 4.77. The van der Waals surface area contributed by atoms with Crippen molar-refractivity contribution in [2.75, 3.05) is 18.0 Å². The average molecular weight is 276 g/mol. The van der Waals surface area contributed by atoms with E-state index in [2.05, 4.69) is 28.9 Å². The Morgan fingerprint density at radius 2 is 2.00 bits per heavy atom. The second kappa shape index (κ2) is 6.55. The van der Waals surface area contributed by atoms with Gasteiger partial charge in [0.15, 0.2) is 0 Å². The molecule has 2 N–H and O–H groups in total. The molecule has 0 bridgehead atoms. The number of nitrogens with zero attached hydrogens (tertiary/aromatic N) is 2. The van der Waals surface area contributed by atoms with Crippen LogP contribution < -0.4 is 10.6 Å². The fraction of sp³-hybridized carbons (Fsp3) is 0.267. The lowest BCUT2D eigenvalue weighted by molar-refractivity contribution is 0.816. The third-order valence-electron chi connectivity index (χ3n) is 3.03. The number of anilines is 2. The Morgan fingerprint density at radius 1 is 1.21 bits per heavy atom.